The Hall–Kier alpha value is -1.78. The lowest BCUT2D eigenvalue weighted by atomic mass is 9.99. The van der Waals surface area contributed by atoms with Crippen molar-refractivity contribution in [3.05, 3.63) is 33.9 Å². The van der Waals surface area contributed by atoms with Crippen molar-refractivity contribution in [2.75, 3.05) is 6.61 Å². The lowest BCUT2D eigenvalue weighted by molar-refractivity contribution is -0.384. The van der Waals surface area contributed by atoms with E-state index in [-0.39, 0.29) is 11.4 Å². The van der Waals surface area contributed by atoms with Gasteiger partial charge in [-0.25, -0.2) is 0 Å². The van der Waals surface area contributed by atoms with Gasteiger partial charge in [-0.15, -0.1) is 0 Å². The predicted molar refractivity (Wildman–Crippen MR) is 72.2 cm³/mol. The number of benzene rings is 1. The van der Waals surface area contributed by atoms with Crippen LogP contribution in [0.1, 0.15) is 5.56 Å². The van der Waals surface area contributed by atoms with E-state index in [1.807, 2.05) is 0 Å². The van der Waals surface area contributed by atoms with Crippen LogP contribution < -0.4 is 4.74 Å². The van der Waals surface area contributed by atoms with E-state index in [4.69, 9.17) is 14.6 Å². The number of rotatable bonds is 4. The van der Waals surface area contributed by atoms with E-state index in [0.717, 1.165) is 0 Å². The summed E-state index contributed by atoms with van der Waals surface area (Å²) in [6.07, 6.45) is -6.96. The lowest BCUT2D eigenvalue weighted by Gasteiger charge is -2.39. The second-order valence-electron chi connectivity index (χ2n) is 5.02. The van der Waals surface area contributed by atoms with Gasteiger partial charge in [-0.1, -0.05) is 0 Å². The zero-order chi connectivity index (χ0) is 16.4. The van der Waals surface area contributed by atoms with Gasteiger partial charge in [0.05, 0.1) is 11.5 Å². The van der Waals surface area contributed by atoms with Crippen LogP contribution in [0.15, 0.2) is 18.2 Å². The summed E-state index contributed by atoms with van der Waals surface area (Å²) >= 11 is 0. The molecule has 0 bridgehead atoms. The number of nitro groups is 1. The highest BCUT2D eigenvalue weighted by molar-refractivity contribution is 5.43. The van der Waals surface area contributed by atoms with E-state index < -0.39 is 42.2 Å². The topological polar surface area (TPSA) is 143 Å². The highest BCUT2D eigenvalue weighted by Gasteiger charge is 2.44. The summed E-state index contributed by atoms with van der Waals surface area (Å²) in [7, 11) is 0. The van der Waals surface area contributed by atoms with Crippen LogP contribution >= 0.6 is 0 Å². The van der Waals surface area contributed by atoms with Crippen molar-refractivity contribution in [2.45, 2.75) is 37.6 Å². The van der Waals surface area contributed by atoms with Crippen LogP contribution in [0.5, 0.6) is 5.75 Å². The number of hydrogen-bond donors (Lipinski definition) is 4. The van der Waals surface area contributed by atoms with Gasteiger partial charge in [0.1, 0.15) is 30.2 Å². The normalized spacial score (nSPS) is 31.8. The number of nitro benzene ring substituents is 1. The molecule has 5 atom stereocenters. The Morgan fingerprint density at radius 2 is 1.95 bits per heavy atom. The minimum atomic E-state index is -1.55. The number of hydrogen-bond acceptors (Lipinski definition) is 8. The van der Waals surface area contributed by atoms with Crippen LogP contribution in [0, 0.1) is 17.0 Å². The first-order valence-electron chi connectivity index (χ1n) is 6.57. The summed E-state index contributed by atoms with van der Waals surface area (Å²) in [6, 6.07) is 3.86. The number of non-ortho nitro benzene ring substituents is 1. The highest BCUT2D eigenvalue weighted by atomic mass is 16.7. The molecule has 2 unspecified atom stereocenters. The second kappa shape index (κ2) is 6.55. The van der Waals surface area contributed by atoms with Gasteiger partial charge in [-0.2, -0.15) is 0 Å². The zero-order valence-electron chi connectivity index (χ0n) is 11.7. The van der Waals surface area contributed by atoms with Gasteiger partial charge in [0, 0.05) is 12.1 Å². The van der Waals surface area contributed by atoms with Gasteiger partial charge < -0.3 is 29.9 Å². The summed E-state index contributed by atoms with van der Waals surface area (Å²) in [5, 5.41) is 49.0. The Morgan fingerprint density at radius 3 is 2.50 bits per heavy atom. The third kappa shape index (κ3) is 3.18. The van der Waals surface area contributed by atoms with Gasteiger partial charge in [0.25, 0.3) is 5.69 Å². The molecule has 1 saturated heterocycles. The first kappa shape index (κ1) is 16.6. The number of nitrogens with zero attached hydrogens (tertiary/aromatic N) is 1. The van der Waals surface area contributed by atoms with Gasteiger partial charge in [-0.3, -0.25) is 10.1 Å². The van der Waals surface area contributed by atoms with E-state index in [1.54, 1.807) is 6.92 Å². The van der Waals surface area contributed by atoms with Crippen molar-refractivity contribution >= 4 is 5.69 Å². The molecule has 122 valence electrons. The van der Waals surface area contributed by atoms with Crippen LogP contribution in [0.3, 0.4) is 0 Å². The first-order valence-corrected chi connectivity index (χ1v) is 6.57. The molecule has 0 aromatic heterocycles. The summed E-state index contributed by atoms with van der Waals surface area (Å²) in [5.41, 5.74) is 0.324. The average Bonchev–Trinajstić information content (AvgIpc) is 2.49. The zero-order valence-corrected chi connectivity index (χ0v) is 11.7. The van der Waals surface area contributed by atoms with Crippen molar-refractivity contribution in [2.24, 2.45) is 0 Å². The minimum absolute atomic E-state index is 0.112. The number of aliphatic hydroxyl groups excluding tert-OH is 4. The Kier molecular flexibility index (Phi) is 4.94. The maximum absolute atomic E-state index is 10.7. The van der Waals surface area contributed by atoms with E-state index in [9.17, 15) is 25.4 Å². The first-order chi connectivity index (χ1) is 10.3. The van der Waals surface area contributed by atoms with Gasteiger partial charge in [-0.05, 0) is 18.6 Å². The van der Waals surface area contributed by atoms with Gasteiger partial charge >= 0.3 is 0 Å². The van der Waals surface area contributed by atoms with Crippen molar-refractivity contribution in [1.29, 1.82) is 0 Å². The standard InChI is InChI=1S/C13H17NO8/c1-6-4-7(14(19)20)2-3-8(6)21-13-12(18)11(17)10(16)9(5-15)22-13/h2-4,9-13,15-18H,5H2,1H3/t9?,10-,11+,12?,13-/m1/s1. The fraction of sp³-hybridized carbons (Fsp3) is 0.538. The van der Waals surface area contributed by atoms with Crippen LogP contribution in [0.4, 0.5) is 5.69 Å². The number of ether oxygens (including phenoxy) is 2. The molecule has 22 heavy (non-hydrogen) atoms. The molecular weight excluding hydrogens is 298 g/mol. The van der Waals surface area contributed by atoms with Crippen LogP contribution in [0.2, 0.25) is 0 Å². The molecule has 9 heteroatoms. The summed E-state index contributed by atoms with van der Waals surface area (Å²) in [5.74, 6) is 0.218. The largest absolute Gasteiger partial charge is 0.462 e. The van der Waals surface area contributed by atoms with Crippen LogP contribution in [0.25, 0.3) is 0 Å². The predicted octanol–water partition coefficient (Wildman–Crippen LogP) is -0.918. The third-order valence-electron chi connectivity index (χ3n) is 3.46. The molecule has 9 nitrogen and oxygen atoms in total. The van der Waals surface area contributed by atoms with Gasteiger partial charge in [0.2, 0.25) is 6.29 Å². The lowest BCUT2D eigenvalue weighted by Crippen LogP contribution is -2.60. The monoisotopic (exact) mass is 315 g/mol. The smallest absolute Gasteiger partial charge is 0.269 e. The molecular formula is C13H17NO8. The molecule has 1 aromatic carbocycles. The molecule has 1 fully saturated rings. The van der Waals surface area contributed by atoms with Crippen LogP contribution in [-0.4, -0.2) is 62.7 Å². The molecule has 0 aliphatic carbocycles. The molecule has 2 rings (SSSR count). The van der Waals surface area contributed by atoms with Crippen molar-refractivity contribution in [3.63, 3.8) is 0 Å². The maximum Gasteiger partial charge on any atom is 0.269 e. The van der Waals surface area contributed by atoms with Crippen molar-refractivity contribution in [1.82, 2.24) is 0 Å². The van der Waals surface area contributed by atoms with E-state index in [2.05, 4.69) is 0 Å². The Labute approximate surface area is 125 Å². The second-order valence-corrected chi connectivity index (χ2v) is 5.02. The van der Waals surface area contributed by atoms with Crippen LogP contribution in [-0.2, 0) is 4.74 Å². The fourth-order valence-electron chi connectivity index (χ4n) is 2.17. The third-order valence-corrected chi connectivity index (χ3v) is 3.46. The summed E-state index contributed by atoms with van der Waals surface area (Å²) < 4.78 is 10.6. The molecule has 0 radical (unpaired) electrons. The van der Waals surface area contributed by atoms with Crippen molar-refractivity contribution < 1.29 is 34.8 Å². The molecule has 1 aromatic rings. The van der Waals surface area contributed by atoms with Crippen molar-refractivity contribution in [3.8, 4) is 5.75 Å². The summed E-state index contributed by atoms with van der Waals surface area (Å²) in [6.45, 7) is 1.01. The minimum Gasteiger partial charge on any atom is -0.462 e. The molecule has 1 aliphatic heterocycles. The fourth-order valence-corrected chi connectivity index (χ4v) is 2.17. The Balaban J connectivity index is 2.17. The molecule has 0 saturated carbocycles. The van der Waals surface area contributed by atoms with E-state index >= 15 is 0 Å². The number of aryl methyl sites for hydroxylation is 1. The Morgan fingerprint density at radius 1 is 1.27 bits per heavy atom. The molecule has 1 heterocycles. The highest BCUT2D eigenvalue weighted by Crippen LogP contribution is 2.28. The SMILES string of the molecule is Cc1cc([N+](=O)[O-])ccc1O[C@@H]1OC(CO)[C@@H](O)[C@H](O)C1O. The maximum atomic E-state index is 10.7. The molecule has 4 N–H and O–H groups in total. The quantitative estimate of drug-likeness (QED) is 0.413. The molecule has 1 aliphatic rings. The molecule has 0 spiro atoms. The molecule has 0 amide bonds. The van der Waals surface area contributed by atoms with E-state index in [0.29, 0.717) is 5.56 Å². The average molecular weight is 315 g/mol. The van der Waals surface area contributed by atoms with Gasteiger partial charge in [0.15, 0.2) is 0 Å². The number of aliphatic hydroxyl groups is 4. The Bertz CT molecular complexity index is 549. The summed E-state index contributed by atoms with van der Waals surface area (Å²) in [4.78, 5) is 10.1. The van der Waals surface area contributed by atoms with E-state index in [1.165, 1.54) is 18.2 Å².